The Balaban J connectivity index is 0.00000312. The lowest BCUT2D eigenvalue weighted by atomic mass is 9.98. The molecule has 0 radical (unpaired) electrons. The van der Waals surface area contributed by atoms with Crippen LogP contribution in [-0.4, -0.2) is 35.8 Å². The highest BCUT2D eigenvalue weighted by Crippen LogP contribution is 2.19. The van der Waals surface area contributed by atoms with E-state index in [4.69, 9.17) is 5.73 Å². The van der Waals surface area contributed by atoms with Gasteiger partial charge in [-0.15, -0.1) is 12.4 Å². The van der Waals surface area contributed by atoms with Crippen molar-refractivity contribution in [3.05, 3.63) is 29.8 Å². The summed E-state index contributed by atoms with van der Waals surface area (Å²) in [5, 5.41) is 3.00. The number of nitrogen functional groups attached to an aromatic ring is 1. The molecule has 1 atom stereocenters. The lowest BCUT2D eigenvalue weighted by Crippen LogP contribution is -2.52. The third-order valence-electron chi connectivity index (χ3n) is 4.43. The summed E-state index contributed by atoms with van der Waals surface area (Å²) < 4.78 is 0. The Labute approximate surface area is 156 Å². The molecule has 0 aromatic heterocycles. The highest BCUT2D eigenvalue weighted by molar-refractivity contribution is 5.88. The molecule has 5 nitrogen and oxygen atoms in total. The normalized spacial score (nSPS) is 15.6. The molecule has 1 aliphatic rings. The van der Waals surface area contributed by atoms with Gasteiger partial charge >= 0.3 is 0 Å². The minimum Gasteiger partial charge on any atom is -0.399 e. The summed E-state index contributed by atoms with van der Waals surface area (Å²) in [6.07, 6.45) is 3.95. The summed E-state index contributed by atoms with van der Waals surface area (Å²) >= 11 is 0. The SMILES string of the molecule is CC(C)CC(C(=O)NCCc1ccc(N)cc1)N1CCCCC1=O.Cl. The van der Waals surface area contributed by atoms with Crippen molar-refractivity contribution >= 4 is 29.9 Å². The number of anilines is 1. The van der Waals surface area contributed by atoms with Crippen LogP contribution in [0.4, 0.5) is 5.69 Å². The summed E-state index contributed by atoms with van der Waals surface area (Å²) in [5.41, 5.74) is 7.56. The molecule has 6 heteroatoms. The van der Waals surface area contributed by atoms with Crippen LogP contribution in [0.1, 0.15) is 45.1 Å². The first-order valence-electron chi connectivity index (χ1n) is 8.89. The molecule has 1 heterocycles. The Kier molecular flexibility index (Phi) is 8.76. The number of nitrogens with one attached hydrogen (secondary N) is 1. The fourth-order valence-electron chi connectivity index (χ4n) is 3.11. The first-order valence-corrected chi connectivity index (χ1v) is 8.89. The van der Waals surface area contributed by atoms with Crippen molar-refractivity contribution < 1.29 is 9.59 Å². The van der Waals surface area contributed by atoms with Gasteiger partial charge in [0.05, 0.1) is 0 Å². The second-order valence-corrected chi connectivity index (χ2v) is 6.97. The van der Waals surface area contributed by atoms with Crippen molar-refractivity contribution in [2.75, 3.05) is 18.8 Å². The van der Waals surface area contributed by atoms with Crippen LogP contribution in [-0.2, 0) is 16.0 Å². The van der Waals surface area contributed by atoms with E-state index in [2.05, 4.69) is 19.2 Å². The van der Waals surface area contributed by atoms with Crippen molar-refractivity contribution in [1.29, 1.82) is 0 Å². The molecule has 3 N–H and O–H groups in total. The molecule has 0 spiro atoms. The topological polar surface area (TPSA) is 75.4 Å². The smallest absolute Gasteiger partial charge is 0.242 e. The minimum absolute atomic E-state index is 0. The Hall–Kier alpha value is -1.75. The second-order valence-electron chi connectivity index (χ2n) is 6.97. The van der Waals surface area contributed by atoms with E-state index in [1.807, 2.05) is 24.3 Å². The molecule has 2 rings (SSSR count). The van der Waals surface area contributed by atoms with Crippen LogP contribution in [0.15, 0.2) is 24.3 Å². The first-order chi connectivity index (χ1) is 11.5. The van der Waals surface area contributed by atoms with E-state index >= 15 is 0 Å². The standard InChI is InChI=1S/C19H29N3O2.ClH/c1-14(2)13-17(22-12-4-3-5-18(22)23)19(24)21-11-10-15-6-8-16(20)9-7-15;/h6-9,14,17H,3-5,10-13,20H2,1-2H3,(H,21,24);1H. The van der Waals surface area contributed by atoms with Crippen molar-refractivity contribution in [2.45, 2.75) is 52.0 Å². The lowest BCUT2D eigenvalue weighted by Gasteiger charge is -2.34. The van der Waals surface area contributed by atoms with Crippen molar-refractivity contribution in [3.63, 3.8) is 0 Å². The van der Waals surface area contributed by atoms with Crippen LogP contribution in [0.2, 0.25) is 0 Å². The van der Waals surface area contributed by atoms with Crippen LogP contribution in [0.3, 0.4) is 0 Å². The molecule has 0 saturated carbocycles. The van der Waals surface area contributed by atoms with Crippen LogP contribution in [0.5, 0.6) is 0 Å². The van der Waals surface area contributed by atoms with E-state index in [0.29, 0.717) is 31.8 Å². The molecular weight excluding hydrogens is 338 g/mol. The van der Waals surface area contributed by atoms with E-state index in [0.717, 1.165) is 30.5 Å². The molecule has 1 unspecified atom stereocenters. The summed E-state index contributed by atoms with van der Waals surface area (Å²) in [7, 11) is 0. The number of halogens is 1. The van der Waals surface area contributed by atoms with E-state index in [1.165, 1.54) is 0 Å². The van der Waals surface area contributed by atoms with E-state index in [1.54, 1.807) is 4.90 Å². The number of hydrogen-bond acceptors (Lipinski definition) is 3. The molecule has 0 bridgehead atoms. The van der Waals surface area contributed by atoms with Gasteiger partial charge in [0, 0.05) is 25.2 Å². The number of piperidine rings is 1. The monoisotopic (exact) mass is 367 g/mol. The zero-order chi connectivity index (χ0) is 17.5. The van der Waals surface area contributed by atoms with E-state index in [-0.39, 0.29) is 30.3 Å². The first kappa shape index (κ1) is 21.3. The van der Waals surface area contributed by atoms with E-state index in [9.17, 15) is 9.59 Å². The zero-order valence-electron chi connectivity index (χ0n) is 15.2. The lowest BCUT2D eigenvalue weighted by molar-refractivity contribution is -0.143. The van der Waals surface area contributed by atoms with Crippen molar-refractivity contribution in [3.8, 4) is 0 Å². The highest BCUT2D eigenvalue weighted by atomic mass is 35.5. The van der Waals surface area contributed by atoms with Gasteiger partial charge in [0.1, 0.15) is 6.04 Å². The average Bonchev–Trinajstić information content (AvgIpc) is 2.55. The number of nitrogens with zero attached hydrogens (tertiary/aromatic N) is 1. The van der Waals surface area contributed by atoms with Gasteiger partial charge in [0.25, 0.3) is 0 Å². The maximum atomic E-state index is 12.6. The molecule has 2 amide bonds. The number of nitrogens with two attached hydrogens (primary N) is 1. The van der Waals surface area contributed by atoms with Crippen LogP contribution in [0, 0.1) is 5.92 Å². The van der Waals surface area contributed by atoms with Gasteiger partial charge in [0.15, 0.2) is 0 Å². The molecule has 140 valence electrons. The number of likely N-dealkylation sites (tertiary alicyclic amines) is 1. The number of rotatable bonds is 7. The summed E-state index contributed by atoms with van der Waals surface area (Å²) in [6, 6.07) is 7.34. The molecule has 0 aliphatic carbocycles. The third-order valence-corrected chi connectivity index (χ3v) is 4.43. The fourth-order valence-corrected chi connectivity index (χ4v) is 3.11. The number of hydrogen-bond donors (Lipinski definition) is 2. The predicted octanol–water partition coefficient (Wildman–Crippen LogP) is 2.78. The Morgan fingerprint density at radius 1 is 1.24 bits per heavy atom. The molecule has 1 aromatic rings. The zero-order valence-corrected chi connectivity index (χ0v) is 16.0. The van der Waals surface area contributed by atoms with Gasteiger partial charge in [-0.25, -0.2) is 0 Å². The van der Waals surface area contributed by atoms with Crippen LogP contribution >= 0.6 is 12.4 Å². The van der Waals surface area contributed by atoms with E-state index < -0.39 is 0 Å². The van der Waals surface area contributed by atoms with Gasteiger partial charge in [-0.05, 0) is 49.3 Å². The maximum absolute atomic E-state index is 12.6. The van der Waals surface area contributed by atoms with Crippen LogP contribution < -0.4 is 11.1 Å². The molecule has 1 aliphatic heterocycles. The molecule has 25 heavy (non-hydrogen) atoms. The Morgan fingerprint density at radius 3 is 2.52 bits per heavy atom. The fraction of sp³-hybridized carbons (Fsp3) is 0.579. The summed E-state index contributed by atoms with van der Waals surface area (Å²) in [4.78, 5) is 26.6. The summed E-state index contributed by atoms with van der Waals surface area (Å²) in [6.45, 7) is 5.44. The maximum Gasteiger partial charge on any atom is 0.242 e. The quantitative estimate of drug-likeness (QED) is 0.727. The number of carbonyl (C=O) groups is 2. The molecule has 1 saturated heterocycles. The molecular formula is C19H30ClN3O2. The molecule has 1 aromatic carbocycles. The number of benzene rings is 1. The average molecular weight is 368 g/mol. The largest absolute Gasteiger partial charge is 0.399 e. The van der Waals surface area contributed by atoms with Crippen molar-refractivity contribution in [2.24, 2.45) is 5.92 Å². The number of carbonyl (C=O) groups excluding carboxylic acids is 2. The van der Waals surface area contributed by atoms with Crippen LogP contribution in [0.25, 0.3) is 0 Å². The Bertz CT molecular complexity index is 560. The predicted molar refractivity (Wildman–Crippen MR) is 104 cm³/mol. The molecule has 1 fully saturated rings. The number of amides is 2. The van der Waals surface area contributed by atoms with Gasteiger partial charge in [-0.1, -0.05) is 26.0 Å². The van der Waals surface area contributed by atoms with Gasteiger partial charge in [-0.3, -0.25) is 9.59 Å². The summed E-state index contributed by atoms with van der Waals surface area (Å²) in [5.74, 6) is 0.447. The third kappa shape index (κ3) is 6.58. The van der Waals surface area contributed by atoms with Crippen molar-refractivity contribution in [1.82, 2.24) is 10.2 Å². The van der Waals surface area contributed by atoms with Gasteiger partial charge < -0.3 is 16.0 Å². The minimum atomic E-state index is -0.343. The second kappa shape index (κ2) is 10.3. The van der Waals surface area contributed by atoms with Gasteiger partial charge in [0.2, 0.25) is 11.8 Å². The van der Waals surface area contributed by atoms with Gasteiger partial charge in [-0.2, -0.15) is 0 Å². The highest BCUT2D eigenvalue weighted by Gasteiger charge is 2.31. The Morgan fingerprint density at radius 2 is 1.92 bits per heavy atom.